The van der Waals surface area contributed by atoms with Crippen LogP contribution in [0.1, 0.15) is 25.2 Å². The van der Waals surface area contributed by atoms with Crippen molar-refractivity contribution in [2.24, 2.45) is 0 Å². The molecule has 0 aliphatic carbocycles. The van der Waals surface area contributed by atoms with E-state index in [-0.39, 0.29) is 11.4 Å². The maximum atomic E-state index is 12.9. The van der Waals surface area contributed by atoms with Gasteiger partial charge in [-0.05, 0) is 36.2 Å². The molecule has 0 saturated heterocycles. The van der Waals surface area contributed by atoms with Crippen LogP contribution in [0.3, 0.4) is 0 Å². The number of nitrogens with two attached hydrogens (primary N) is 1. The summed E-state index contributed by atoms with van der Waals surface area (Å²) in [4.78, 5) is 0.276. The number of nitrogens with zero attached hydrogens (tertiary/aromatic N) is 1. The summed E-state index contributed by atoms with van der Waals surface area (Å²) in [6.07, 6.45) is 2.17. The van der Waals surface area contributed by atoms with E-state index < -0.39 is 10.0 Å². The molecule has 21 heavy (non-hydrogen) atoms. The normalized spacial score (nSPS) is 12.0. The summed E-state index contributed by atoms with van der Waals surface area (Å²) in [5, 5.41) is 0. The first-order valence-corrected chi connectivity index (χ1v) is 8.34. The van der Waals surface area contributed by atoms with Crippen molar-refractivity contribution >= 4 is 15.7 Å². The summed E-state index contributed by atoms with van der Waals surface area (Å²) >= 11 is 0. The van der Waals surface area contributed by atoms with Gasteiger partial charge in [0, 0.05) is 12.2 Å². The quantitative estimate of drug-likeness (QED) is 0.832. The Bertz CT molecular complexity index is 694. The average molecular weight is 308 g/mol. The molecule has 0 atom stereocenters. The van der Waals surface area contributed by atoms with Gasteiger partial charge in [-0.2, -0.15) is 4.31 Å². The highest BCUT2D eigenvalue weighted by molar-refractivity contribution is 7.89. The third kappa shape index (κ3) is 3.28. The molecule has 6 heteroatoms. The minimum absolute atomic E-state index is 0.212. The lowest BCUT2D eigenvalue weighted by Gasteiger charge is -2.21. The Balaban J connectivity index is 2.41. The molecule has 0 radical (unpaired) electrons. The molecule has 0 bridgehead atoms. The second kappa shape index (κ2) is 6.32. The van der Waals surface area contributed by atoms with Crippen molar-refractivity contribution in [3.05, 3.63) is 47.9 Å². The summed E-state index contributed by atoms with van der Waals surface area (Å²) in [7, 11) is -3.60. The second-order valence-electron chi connectivity index (χ2n) is 4.73. The van der Waals surface area contributed by atoms with E-state index in [2.05, 4.69) is 0 Å². The van der Waals surface area contributed by atoms with Crippen LogP contribution in [-0.2, 0) is 23.0 Å². The van der Waals surface area contributed by atoms with Crippen LogP contribution in [0.15, 0.2) is 45.9 Å². The molecule has 114 valence electrons. The van der Waals surface area contributed by atoms with Crippen molar-refractivity contribution in [2.45, 2.75) is 31.7 Å². The summed E-state index contributed by atoms with van der Waals surface area (Å²) in [5.74, 6) is 0.613. The lowest BCUT2D eigenvalue weighted by atomic mass is 10.1. The molecule has 1 aromatic carbocycles. The maximum absolute atomic E-state index is 12.9. The van der Waals surface area contributed by atoms with Gasteiger partial charge in [-0.25, -0.2) is 8.42 Å². The molecule has 0 aliphatic rings. The summed E-state index contributed by atoms with van der Waals surface area (Å²) < 4.78 is 32.3. The van der Waals surface area contributed by atoms with Gasteiger partial charge in [-0.15, -0.1) is 0 Å². The van der Waals surface area contributed by atoms with Gasteiger partial charge < -0.3 is 10.2 Å². The fourth-order valence-electron chi connectivity index (χ4n) is 2.19. The van der Waals surface area contributed by atoms with Crippen molar-refractivity contribution in [2.75, 3.05) is 12.3 Å². The molecule has 0 aliphatic heterocycles. The van der Waals surface area contributed by atoms with Crippen LogP contribution < -0.4 is 5.73 Å². The van der Waals surface area contributed by atoms with Crippen molar-refractivity contribution < 1.29 is 12.8 Å². The molecule has 0 unspecified atom stereocenters. The number of hydrogen-bond acceptors (Lipinski definition) is 4. The number of sulfonamides is 1. The SMILES string of the molecule is CCc1ccc(N)cc1S(=O)(=O)N(CC)Cc1ccco1. The molecule has 1 heterocycles. The largest absolute Gasteiger partial charge is 0.468 e. The van der Waals surface area contributed by atoms with Crippen molar-refractivity contribution in [3.8, 4) is 0 Å². The van der Waals surface area contributed by atoms with Crippen molar-refractivity contribution in [3.63, 3.8) is 0 Å². The first-order chi connectivity index (χ1) is 9.98. The van der Waals surface area contributed by atoms with Crippen LogP contribution in [0.25, 0.3) is 0 Å². The summed E-state index contributed by atoms with van der Waals surface area (Å²) in [6, 6.07) is 8.52. The first-order valence-electron chi connectivity index (χ1n) is 6.90. The Labute approximate surface area is 125 Å². The Morgan fingerprint density at radius 2 is 2.00 bits per heavy atom. The molecule has 1 aromatic heterocycles. The third-order valence-corrected chi connectivity index (χ3v) is 5.36. The predicted molar refractivity (Wildman–Crippen MR) is 82.2 cm³/mol. The van der Waals surface area contributed by atoms with E-state index in [4.69, 9.17) is 10.2 Å². The number of aryl methyl sites for hydroxylation is 1. The molecular formula is C15H20N2O3S. The van der Waals surface area contributed by atoms with Crippen LogP contribution >= 0.6 is 0 Å². The molecule has 0 spiro atoms. The third-order valence-electron chi connectivity index (χ3n) is 3.35. The molecule has 0 amide bonds. The van der Waals surface area contributed by atoms with Gasteiger partial charge in [0.25, 0.3) is 0 Å². The topological polar surface area (TPSA) is 76.5 Å². The summed E-state index contributed by atoms with van der Waals surface area (Å²) in [5.41, 5.74) is 6.97. The highest BCUT2D eigenvalue weighted by atomic mass is 32.2. The van der Waals surface area contributed by atoms with E-state index in [0.29, 0.717) is 24.4 Å². The zero-order chi connectivity index (χ0) is 15.5. The maximum Gasteiger partial charge on any atom is 0.243 e. The highest BCUT2D eigenvalue weighted by Gasteiger charge is 2.26. The van der Waals surface area contributed by atoms with Gasteiger partial charge in [0.2, 0.25) is 10.0 Å². The number of hydrogen-bond donors (Lipinski definition) is 1. The monoisotopic (exact) mass is 308 g/mol. The van der Waals surface area contributed by atoms with Crippen LogP contribution in [0.5, 0.6) is 0 Å². The van der Waals surface area contributed by atoms with Gasteiger partial charge in [0.15, 0.2) is 0 Å². The Kier molecular flexibility index (Phi) is 4.69. The van der Waals surface area contributed by atoms with Gasteiger partial charge in [0.1, 0.15) is 5.76 Å². The molecule has 0 fully saturated rings. The number of furan rings is 1. The van der Waals surface area contributed by atoms with Gasteiger partial charge >= 0.3 is 0 Å². The highest BCUT2D eigenvalue weighted by Crippen LogP contribution is 2.24. The van der Waals surface area contributed by atoms with Crippen LogP contribution in [-0.4, -0.2) is 19.3 Å². The van der Waals surface area contributed by atoms with E-state index in [1.807, 2.05) is 6.92 Å². The van der Waals surface area contributed by atoms with E-state index in [9.17, 15) is 8.42 Å². The predicted octanol–water partition coefficient (Wildman–Crippen LogP) is 2.64. The van der Waals surface area contributed by atoms with Gasteiger partial charge in [-0.1, -0.05) is 19.9 Å². The second-order valence-corrected chi connectivity index (χ2v) is 6.64. The van der Waals surface area contributed by atoms with E-state index in [1.54, 1.807) is 31.2 Å². The number of nitrogen functional groups attached to an aromatic ring is 1. The fourth-order valence-corrected chi connectivity index (χ4v) is 3.93. The lowest BCUT2D eigenvalue weighted by Crippen LogP contribution is -2.31. The van der Waals surface area contributed by atoms with Gasteiger partial charge in [0.05, 0.1) is 17.7 Å². The molecule has 5 nitrogen and oxygen atoms in total. The number of rotatable bonds is 6. The molecule has 2 aromatic rings. The minimum Gasteiger partial charge on any atom is -0.468 e. The molecule has 2 rings (SSSR count). The Morgan fingerprint density at radius 3 is 2.57 bits per heavy atom. The van der Waals surface area contributed by atoms with Gasteiger partial charge in [-0.3, -0.25) is 0 Å². The lowest BCUT2D eigenvalue weighted by molar-refractivity contribution is 0.375. The fraction of sp³-hybridized carbons (Fsp3) is 0.333. The standard InChI is InChI=1S/C15H20N2O3S/c1-3-12-7-8-13(16)10-15(12)21(18,19)17(4-2)11-14-6-5-9-20-14/h5-10H,3-4,11,16H2,1-2H3. The Morgan fingerprint density at radius 1 is 1.24 bits per heavy atom. The van der Waals surface area contributed by atoms with Crippen molar-refractivity contribution in [1.82, 2.24) is 4.31 Å². The van der Waals surface area contributed by atoms with E-state index >= 15 is 0 Å². The number of anilines is 1. The summed E-state index contributed by atoms with van der Waals surface area (Å²) in [6.45, 7) is 4.30. The van der Waals surface area contributed by atoms with E-state index in [0.717, 1.165) is 5.56 Å². The molecule has 2 N–H and O–H groups in total. The molecular weight excluding hydrogens is 288 g/mol. The smallest absolute Gasteiger partial charge is 0.243 e. The van der Waals surface area contributed by atoms with Crippen LogP contribution in [0, 0.1) is 0 Å². The zero-order valence-electron chi connectivity index (χ0n) is 12.2. The van der Waals surface area contributed by atoms with Crippen LogP contribution in [0.2, 0.25) is 0 Å². The zero-order valence-corrected chi connectivity index (χ0v) is 13.1. The number of benzene rings is 1. The Hall–Kier alpha value is -1.79. The first kappa shape index (κ1) is 15.6. The van der Waals surface area contributed by atoms with Crippen LogP contribution in [0.4, 0.5) is 5.69 Å². The van der Waals surface area contributed by atoms with E-state index in [1.165, 1.54) is 16.6 Å². The van der Waals surface area contributed by atoms with Crippen molar-refractivity contribution in [1.29, 1.82) is 0 Å². The molecule has 0 saturated carbocycles. The average Bonchev–Trinajstić information content (AvgIpc) is 2.97. The minimum atomic E-state index is -3.60.